The van der Waals surface area contributed by atoms with Crippen molar-refractivity contribution in [3.05, 3.63) is 59.4 Å². The Labute approximate surface area is 181 Å². The van der Waals surface area contributed by atoms with Crippen molar-refractivity contribution in [2.24, 2.45) is 0 Å². The summed E-state index contributed by atoms with van der Waals surface area (Å²) in [5.74, 6) is 2.06. The van der Waals surface area contributed by atoms with Gasteiger partial charge in [0.05, 0.1) is 17.1 Å². The van der Waals surface area contributed by atoms with Crippen LogP contribution in [0.2, 0.25) is 0 Å². The second-order valence-electron chi connectivity index (χ2n) is 9.48. The number of amides is 1. The van der Waals surface area contributed by atoms with Gasteiger partial charge in [-0.05, 0) is 72.0 Å². The zero-order valence-corrected chi connectivity index (χ0v) is 20.0. The van der Waals surface area contributed by atoms with Crippen molar-refractivity contribution in [1.29, 1.82) is 0 Å². The van der Waals surface area contributed by atoms with Crippen molar-refractivity contribution in [1.82, 2.24) is 14.6 Å². The minimum absolute atomic E-state index is 0.0471. The van der Waals surface area contributed by atoms with Gasteiger partial charge in [-0.25, -0.2) is 4.98 Å². The molecule has 0 bridgehead atoms. The highest BCUT2D eigenvalue weighted by atomic mass is 31.0. The van der Waals surface area contributed by atoms with E-state index in [1.165, 1.54) is 5.56 Å². The topological polar surface area (TPSA) is 46.9 Å². The van der Waals surface area contributed by atoms with Gasteiger partial charge in [0.25, 0.3) is 5.91 Å². The van der Waals surface area contributed by atoms with Gasteiger partial charge < -0.3 is 9.65 Å². The van der Waals surface area contributed by atoms with Crippen LogP contribution >= 0.6 is 8.35 Å². The molecule has 0 aliphatic rings. The number of nitrogens with zero attached hydrogens (tertiary/aromatic N) is 2. The first-order valence-electron chi connectivity index (χ1n) is 10.5. The van der Waals surface area contributed by atoms with E-state index in [1.807, 2.05) is 26.0 Å². The fraction of sp³-hybridized carbons (Fsp3) is 0.400. The van der Waals surface area contributed by atoms with E-state index in [1.54, 1.807) is 0 Å². The van der Waals surface area contributed by atoms with Crippen molar-refractivity contribution in [2.45, 2.75) is 66.0 Å². The SMILES string of the molecule is CCC(C)(C)NC(=O)c1cc(-c2ccc(C)cc2)nc(-c2ccpn2C(C)(C)C)c1. The standard InChI is InChI=1S/C25H32N3OP/c1-8-25(6,7)27-23(29)19-15-20(18-11-9-17(2)10-12-18)26-21(16-19)22-13-14-30-28(22)24(3,4)5/h9-16H,8H2,1-7H3,(H,27,29). The van der Waals surface area contributed by atoms with E-state index >= 15 is 0 Å². The van der Waals surface area contributed by atoms with Gasteiger partial charge in [-0.2, -0.15) is 0 Å². The number of aromatic nitrogens is 2. The molecule has 2 aromatic heterocycles. The quantitative estimate of drug-likeness (QED) is 0.494. The van der Waals surface area contributed by atoms with Crippen LogP contribution in [0.3, 0.4) is 0 Å². The number of hydrogen-bond donors (Lipinski definition) is 1. The number of nitrogens with one attached hydrogen (secondary N) is 1. The van der Waals surface area contributed by atoms with Gasteiger partial charge in [0.15, 0.2) is 0 Å². The van der Waals surface area contributed by atoms with E-state index in [0.717, 1.165) is 37.4 Å². The van der Waals surface area contributed by atoms with E-state index in [4.69, 9.17) is 4.98 Å². The summed E-state index contributed by atoms with van der Waals surface area (Å²) in [6, 6.07) is 14.2. The summed E-state index contributed by atoms with van der Waals surface area (Å²) in [6.07, 6.45) is 0.859. The molecule has 0 saturated carbocycles. The minimum Gasteiger partial charge on any atom is -0.347 e. The molecule has 0 atom stereocenters. The smallest absolute Gasteiger partial charge is 0.251 e. The number of benzene rings is 1. The highest BCUT2D eigenvalue weighted by Crippen LogP contribution is 2.33. The highest BCUT2D eigenvalue weighted by molar-refractivity contribution is 7.25. The van der Waals surface area contributed by atoms with Crippen LogP contribution in [0.1, 0.15) is 63.9 Å². The van der Waals surface area contributed by atoms with Crippen LogP contribution in [0.5, 0.6) is 0 Å². The molecule has 1 aromatic carbocycles. The Bertz CT molecular complexity index is 1040. The van der Waals surface area contributed by atoms with Crippen LogP contribution in [0.15, 0.2) is 48.3 Å². The van der Waals surface area contributed by atoms with Crippen molar-refractivity contribution >= 4 is 14.3 Å². The predicted molar refractivity (Wildman–Crippen MR) is 127 cm³/mol. The van der Waals surface area contributed by atoms with Crippen LogP contribution in [-0.2, 0) is 5.54 Å². The molecule has 3 rings (SSSR count). The maximum absolute atomic E-state index is 13.1. The Morgan fingerprint density at radius 1 is 1.03 bits per heavy atom. The maximum atomic E-state index is 13.1. The van der Waals surface area contributed by atoms with Gasteiger partial charge in [0.2, 0.25) is 0 Å². The van der Waals surface area contributed by atoms with E-state index in [0.29, 0.717) is 5.56 Å². The third-order valence-corrected chi connectivity index (χ3v) is 6.64. The van der Waals surface area contributed by atoms with Crippen LogP contribution in [-0.4, -0.2) is 20.8 Å². The first kappa shape index (κ1) is 22.2. The van der Waals surface area contributed by atoms with Gasteiger partial charge in [-0.1, -0.05) is 36.8 Å². The lowest BCUT2D eigenvalue weighted by atomic mass is 10.00. The summed E-state index contributed by atoms with van der Waals surface area (Å²) in [5, 5.41) is 3.16. The van der Waals surface area contributed by atoms with Crippen molar-refractivity contribution in [3.8, 4) is 22.6 Å². The maximum Gasteiger partial charge on any atom is 0.251 e. The monoisotopic (exact) mass is 421 g/mol. The fourth-order valence-electron chi connectivity index (χ4n) is 3.16. The van der Waals surface area contributed by atoms with E-state index < -0.39 is 0 Å². The Morgan fingerprint density at radius 2 is 1.67 bits per heavy atom. The molecule has 1 amide bonds. The molecule has 0 fully saturated rings. The second kappa shape index (κ2) is 8.35. The Balaban J connectivity index is 2.15. The summed E-state index contributed by atoms with van der Waals surface area (Å²) >= 11 is 0. The molecular formula is C25H32N3OP. The number of carbonyl (C=O) groups is 1. The highest BCUT2D eigenvalue weighted by Gasteiger charge is 2.22. The molecule has 0 aliphatic heterocycles. The summed E-state index contributed by atoms with van der Waals surface area (Å²) < 4.78 is 2.30. The normalized spacial score (nSPS) is 12.4. The molecule has 0 unspecified atom stereocenters. The first-order chi connectivity index (χ1) is 14.0. The molecular weight excluding hydrogens is 389 g/mol. The molecule has 3 aromatic rings. The van der Waals surface area contributed by atoms with Crippen molar-refractivity contribution < 1.29 is 4.79 Å². The third kappa shape index (κ3) is 4.99. The molecule has 158 valence electrons. The summed E-state index contributed by atoms with van der Waals surface area (Å²) in [7, 11) is 1.12. The predicted octanol–water partition coefficient (Wildman–Crippen LogP) is 6.78. The lowest BCUT2D eigenvalue weighted by Gasteiger charge is -2.25. The van der Waals surface area contributed by atoms with Gasteiger partial charge in [-0.3, -0.25) is 4.79 Å². The number of rotatable bonds is 5. The molecule has 1 N–H and O–H groups in total. The fourth-order valence-corrected chi connectivity index (χ4v) is 4.15. The molecule has 30 heavy (non-hydrogen) atoms. The van der Waals surface area contributed by atoms with Crippen LogP contribution in [0.4, 0.5) is 0 Å². The van der Waals surface area contributed by atoms with Gasteiger partial charge in [0, 0.05) is 30.6 Å². The Hall–Kier alpha value is -2.45. The molecule has 0 spiro atoms. The molecule has 0 radical (unpaired) electrons. The lowest BCUT2D eigenvalue weighted by Crippen LogP contribution is -2.42. The number of carbonyl (C=O) groups excluding carboxylic acids is 1. The number of pyridine rings is 1. The summed E-state index contributed by atoms with van der Waals surface area (Å²) in [4.78, 5) is 18.1. The van der Waals surface area contributed by atoms with Crippen LogP contribution in [0.25, 0.3) is 22.6 Å². The molecule has 0 saturated heterocycles. The lowest BCUT2D eigenvalue weighted by molar-refractivity contribution is 0.0911. The van der Waals surface area contributed by atoms with Crippen LogP contribution < -0.4 is 5.32 Å². The average molecular weight is 422 g/mol. The van der Waals surface area contributed by atoms with E-state index in [-0.39, 0.29) is 17.0 Å². The zero-order chi connectivity index (χ0) is 22.1. The first-order valence-corrected chi connectivity index (χ1v) is 11.4. The van der Waals surface area contributed by atoms with Gasteiger partial charge >= 0.3 is 0 Å². The third-order valence-electron chi connectivity index (χ3n) is 5.31. The van der Waals surface area contributed by atoms with Crippen molar-refractivity contribution in [2.75, 3.05) is 0 Å². The second-order valence-corrected chi connectivity index (χ2v) is 10.4. The molecule has 4 nitrogen and oxygen atoms in total. The molecule has 5 heteroatoms. The number of hydrogen-bond acceptors (Lipinski definition) is 2. The minimum atomic E-state index is -0.263. The van der Waals surface area contributed by atoms with Crippen LogP contribution in [0, 0.1) is 6.92 Å². The molecule has 0 aliphatic carbocycles. The van der Waals surface area contributed by atoms with E-state index in [9.17, 15) is 4.79 Å². The largest absolute Gasteiger partial charge is 0.347 e. The Kier molecular flexibility index (Phi) is 6.19. The zero-order valence-electron chi connectivity index (χ0n) is 19.1. The average Bonchev–Trinajstić information content (AvgIpc) is 3.18. The molecule has 2 heterocycles. The number of aryl methyl sites for hydroxylation is 1. The van der Waals surface area contributed by atoms with Gasteiger partial charge in [-0.15, -0.1) is 0 Å². The summed E-state index contributed by atoms with van der Waals surface area (Å²) in [5.41, 5.74) is 5.21. The van der Waals surface area contributed by atoms with E-state index in [2.05, 4.69) is 80.4 Å². The summed E-state index contributed by atoms with van der Waals surface area (Å²) in [6.45, 7) is 14.8. The van der Waals surface area contributed by atoms with Gasteiger partial charge in [0.1, 0.15) is 0 Å². The Morgan fingerprint density at radius 3 is 2.27 bits per heavy atom. The van der Waals surface area contributed by atoms with Crippen molar-refractivity contribution in [3.63, 3.8) is 0 Å².